The van der Waals surface area contributed by atoms with Crippen molar-refractivity contribution in [1.82, 2.24) is 9.97 Å². The van der Waals surface area contributed by atoms with Crippen LogP contribution in [0.2, 0.25) is 0 Å². The lowest BCUT2D eigenvalue weighted by molar-refractivity contribution is 0.419. The fourth-order valence-corrected chi connectivity index (χ4v) is 5.53. The Morgan fingerprint density at radius 3 is 2.19 bits per heavy atom. The van der Waals surface area contributed by atoms with E-state index in [4.69, 9.17) is 9.72 Å². The van der Waals surface area contributed by atoms with E-state index < -0.39 is 0 Å². The van der Waals surface area contributed by atoms with Gasteiger partial charge in [-0.25, -0.2) is 4.98 Å². The van der Waals surface area contributed by atoms with Crippen molar-refractivity contribution in [2.75, 3.05) is 0 Å². The molecule has 0 saturated heterocycles. The van der Waals surface area contributed by atoms with Crippen LogP contribution in [0, 0.1) is 0 Å². The average Bonchev–Trinajstić information content (AvgIpc) is 2.92. The fraction of sp³-hybridized carbons (Fsp3) is 0.0909. The number of aromatic nitrogens is 2. The number of rotatable bonds is 2. The van der Waals surface area contributed by atoms with E-state index in [0.29, 0.717) is 0 Å². The zero-order valence-corrected chi connectivity index (χ0v) is 20.2. The van der Waals surface area contributed by atoms with Gasteiger partial charge in [0.25, 0.3) is 0 Å². The molecule has 0 atom stereocenters. The van der Waals surface area contributed by atoms with Crippen molar-refractivity contribution in [1.29, 1.82) is 0 Å². The molecule has 2 aromatic heterocycles. The lowest BCUT2D eigenvalue weighted by Crippen LogP contribution is -2.25. The Bertz CT molecular complexity index is 1780. The van der Waals surface area contributed by atoms with Gasteiger partial charge in [0.2, 0.25) is 0 Å². The van der Waals surface area contributed by atoms with Crippen LogP contribution in [-0.2, 0) is 5.41 Å². The molecule has 0 amide bonds. The molecular formula is C33H24N2O. The predicted molar refractivity (Wildman–Crippen MR) is 147 cm³/mol. The summed E-state index contributed by atoms with van der Waals surface area (Å²) in [5.74, 6) is 1.86. The first kappa shape index (κ1) is 20.8. The van der Waals surface area contributed by atoms with Crippen molar-refractivity contribution >= 4 is 21.8 Å². The van der Waals surface area contributed by atoms with Crippen molar-refractivity contribution in [2.45, 2.75) is 19.3 Å². The van der Waals surface area contributed by atoms with Gasteiger partial charge in [-0.3, -0.25) is 4.98 Å². The van der Waals surface area contributed by atoms with Crippen LogP contribution in [0.25, 0.3) is 44.2 Å². The minimum absolute atomic E-state index is 0.173. The second kappa shape index (κ2) is 7.76. The van der Waals surface area contributed by atoms with Crippen molar-refractivity contribution in [2.24, 2.45) is 0 Å². The highest BCUT2D eigenvalue weighted by Crippen LogP contribution is 2.51. The minimum atomic E-state index is -0.173. The molecule has 0 radical (unpaired) electrons. The predicted octanol–water partition coefficient (Wildman–Crippen LogP) is 8.55. The summed E-state index contributed by atoms with van der Waals surface area (Å²) in [6.07, 6.45) is 1.83. The molecule has 0 N–H and O–H groups in total. The third-order valence-electron chi connectivity index (χ3n) is 7.36. The van der Waals surface area contributed by atoms with Crippen LogP contribution < -0.4 is 4.74 Å². The van der Waals surface area contributed by atoms with Gasteiger partial charge in [0, 0.05) is 39.1 Å². The highest BCUT2D eigenvalue weighted by molar-refractivity contribution is 6.03. The lowest BCUT2D eigenvalue weighted by atomic mass is 9.73. The molecule has 1 aliphatic rings. The molecule has 3 nitrogen and oxygen atoms in total. The van der Waals surface area contributed by atoms with Crippen LogP contribution in [0.5, 0.6) is 11.5 Å². The SMILES string of the molecule is CC1(C)c2ccccc2Oc2cccc(-c3ccc(-c4ccc5ccc6cccnc6c5n4)cc3)c21. The molecule has 7 rings (SSSR count). The summed E-state index contributed by atoms with van der Waals surface area (Å²) in [6.45, 7) is 4.56. The maximum atomic E-state index is 6.33. The quantitative estimate of drug-likeness (QED) is 0.241. The fourth-order valence-electron chi connectivity index (χ4n) is 5.53. The number of benzene rings is 4. The maximum absolute atomic E-state index is 6.33. The van der Waals surface area contributed by atoms with Gasteiger partial charge in [-0.2, -0.15) is 0 Å². The molecule has 6 aromatic rings. The first-order chi connectivity index (χ1) is 17.6. The number of hydrogen-bond donors (Lipinski definition) is 0. The molecule has 172 valence electrons. The zero-order valence-electron chi connectivity index (χ0n) is 20.2. The molecular weight excluding hydrogens is 440 g/mol. The molecule has 0 aliphatic carbocycles. The molecule has 0 spiro atoms. The van der Waals surface area contributed by atoms with Gasteiger partial charge in [-0.15, -0.1) is 0 Å². The second-order valence-corrected chi connectivity index (χ2v) is 9.89. The number of hydrogen-bond acceptors (Lipinski definition) is 3. The van der Waals surface area contributed by atoms with Crippen LogP contribution in [-0.4, -0.2) is 9.97 Å². The summed E-state index contributed by atoms with van der Waals surface area (Å²) in [6, 6.07) is 35.8. The van der Waals surface area contributed by atoms with Crippen molar-refractivity contribution in [3.05, 3.63) is 120 Å². The molecule has 0 unspecified atom stereocenters. The van der Waals surface area contributed by atoms with Gasteiger partial charge in [0.15, 0.2) is 0 Å². The standard InChI is InChI=1S/C33H24N2O/c1-33(2)26-9-3-4-10-28(26)36-29-11-5-8-25(30(29)33)21-12-14-22(15-13-21)27-19-18-24-17-16-23-7-6-20-34-31(23)32(24)35-27/h3-20H,1-2H3. The van der Waals surface area contributed by atoms with E-state index in [2.05, 4.69) is 110 Å². The largest absolute Gasteiger partial charge is 0.457 e. The molecule has 0 bridgehead atoms. The van der Waals surface area contributed by atoms with E-state index in [1.165, 1.54) is 22.3 Å². The molecule has 0 saturated carbocycles. The monoisotopic (exact) mass is 464 g/mol. The van der Waals surface area contributed by atoms with E-state index in [9.17, 15) is 0 Å². The summed E-state index contributed by atoms with van der Waals surface area (Å²) >= 11 is 0. The Hall–Kier alpha value is -4.50. The third-order valence-corrected chi connectivity index (χ3v) is 7.36. The summed E-state index contributed by atoms with van der Waals surface area (Å²) < 4.78 is 6.33. The smallest absolute Gasteiger partial charge is 0.132 e. The van der Waals surface area contributed by atoms with Crippen LogP contribution in [0.1, 0.15) is 25.0 Å². The van der Waals surface area contributed by atoms with Crippen LogP contribution >= 0.6 is 0 Å². The number of fused-ring (bicyclic) bond motifs is 5. The first-order valence-corrected chi connectivity index (χ1v) is 12.3. The van der Waals surface area contributed by atoms with Gasteiger partial charge in [0.1, 0.15) is 11.5 Å². The molecule has 0 fully saturated rings. The molecule has 1 aliphatic heterocycles. The van der Waals surface area contributed by atoms with Crippen molar-refractivity contribution < 1.29 is 4.74 Å². The second-order valence-electron chi connectivity index (χ2n) is 9.89. The Labute approximate surface area is 210 Å². The highest BCUT2D eigenvalue weighted by Gasteiger charge is 2.36. The van der Waals surface area contributed by atoms with E-state index in [-0.39, 0.29) is 5.41 Å². The Morgan fingerprint density at radius 1 is 0.611 bits per heavy atom. The van der Waals surface area contributed by atoms with E-state index in [1.54, 1.807) is 0 Å². The van der Waals surface area contributed by atoms with Gasteiger partial charge in [-0.1, -0.05) is 92.7 Å². The third kappa shape index (κ3) is 3.13. The van der Waals surface area contributed by atoms with Crippen LogP contribution in [0.3, 0.4) is 0 Å². The Morgan fingerprint density at radius 2 is 1.33 bits per heavy atom. The lowest BCUT2D eigenvalue weighted by Gasteiger charge is -2.36. The van der Waals surface area contributed by atoms with E-state index >= 15 is 0 Å². The van der Waals surface area contributed by atoms with Gasteiger partial charge >= 0.3 is 0 Å². The van der Waals surface area contributed by atoms with Gasteiger partial charge in [-0.05, 0) is 35.4 Å². The average molecular weight is 465 g/mol. The highest BCUT2D eigenvalue weighted by atomic mass is 16.5. The molecule has 36 heavy (non-hydrogen) atoms. The minimum Gasteiger partial charge on any atom is -0.457 e. The van der Waals surface area contributed by atoms with Crippen molar-refractivity contribution in [3.63, 3.8) is 0 Å². The summed E-state index contributed by atoms with van der Waals surface area (Å²) in [7, 11) is 0. The summed E-state index contributed by atoms with van der Waals surface area (Å²) in [5, 5.41) is 2.20. The van der Waals surface area contributed by atoms with Gasteiger partial charge < -0.3 is 4.74 Å². The normalized spacial score (nSPS) is 13.7. The van der Waals surface area contributed by atoms with E-state index in [0.717, 1.165) is 44.6 Å². The number of pyridine rings is 2. The van der Waals surface area contributed by atoms with Crippen molar-refractivity contribution in [3.8, 4) is 33.9 Å². The molecule has 3 heterocycles. The summed E-state index contributed by atoms with van der Waals surface area (Å²) in [5.41, 5.74) is 8.52. The first-order valence-electron chi connectivity index (χ1n) is 12.3. The van der Waals surface area contributed by atoms with E-state index in [1.807, 2.05) is 18.3 Å². The topological polar surface area (TPSA) is 35.0 Å². The molecule has 3 heteroatoms. The van der Waals surface area contributed by atoms with Crippen LogP contribution in [0.15, 0.2) is 109 Å². The zero-order chi connectivity index (χ0) is 24.3. The Kier molecular flexibility index (Phi) is 4.49. The van der Waals surface area contributed by atoms with Gasteiger partial charge in [0.05, 0.1) is 16.7 Å². The summed E-state index contributed by atoms with van der Waals surface area (Å²) in [4.78, 5) is 9.61. The van der Waals surface area contributed by atoms with Crippen LogP contribution in [0.4, 0.5) is 0 Å². The molecule has 4 aromatic carbocycles. The number of nitrogens with zero attached hydrogens (tertiary/aromatic N) is 2. The maximum Gasteiger partial charge on any atom is 0.132 e. The number of para-hydroxylation sites is 1. The Balaban J connectivity index is 1.31. The number of ether oxygens (including phenoxy) is 1.